The molecule has 0 amide bonds. The van der Waals surface area contributed by atoms with E-state index in [0.29, 0.717) is 36.5 Å². The van der Waals surface area contributed by atoms with Crippen LogP contribution in [0.3, 0.4) is 0 Å². The Morgan fingerprint density at radius 2 is 0.875 bits per heavy atom. The Morgan fingerprint density at radius 3 is 1.04 bits per heavy atom. The third kappa shape index (κ3) is 9.18. The standard InChI is InChI=1S/C8H16O2.2C6H6O/c9-5-7-1-2-8(6-10)4-3-7;2*7-6-4-2-1-3-5-6/h7-10H,1-6H2;2*1-5,7H. The van der Waals surface area contributed by atoms with Gasteiger partial charge in [-0.25, -0.2) is 0 Å². The van der Waals surface area contributed by atoms with Crippen LogP contribution in [0.2, 0.25) is 0 Å². The summed E-state index contributed by atoms with van der Waals surface area (Å²) in [6, 6.07) is 17.4. The van der Waals surface area contributed by atoms with Gasteiger partial charge in [0.2, 0.25) is 0 Å². The highest BCUT2D eigenvalue weighted by molar-refractivity contribution is 5.19. The minimum absolute atomic E-state index is 0.322. The van der Waals surface area contributed by atoms with Crippen molar-refractivity contribution in [2.24, 2.45) is 11.8 Å². The van der Waals surface area contributed by atoms with Crippen molar-refractivity contribution in [3.63, 3.8) is 0 Å². The molecule has 0 atom stereocenters. The average molecular weight is 332 g/mol. The number of rotatable bonds is 2. The van der Waals surface area contributed by atoms with E-state index in [1.165, 1.54) is 0 Å². The average Bonchev–Trinajstić information content (AvgIpc) is 2.64. The number of phenolic OH excluding ortho intramolecular Hbond substituents is 2. The third-order valence-corrected chi connectivity index (χ3v) is 4.00. The highest BCUT2D eigenvalue weighted by atomic mass is 16.3. The van der Waals surface area contributed by atoms with Crippen molar-refractivity contribution in [2.75, 3.05) is 13.2 Å². The highest BCUT2D eigenvalue weighted by Crippen LogP contribution is 2.27. The minimum Gasteiger partial charge on any atom is -0.508 e. The van der Waals surface area contributed by atoms with E-state index in [4.69, 9.17) is 20.4 Å². The first-order valence-corrected chi connectivity index (χ1v) is 8.35. The molecule has 0 unspecified atom stereocenters. The van der Waals surface area contributed by atoms with Gasteiger partial charge in [-0.15, -0.1) is 0 Å². The molecule has 1 aliphatic carbocycles. The Kier molecular flexibility index (Phi) is 10.3. The first-order valence-electron chi connectivity index (χ1n) is 8.35. The molecule has 0 aromatic heterocycles. The molecule has 1 fully saturated rings. The van der Waals surface area contributed by atoms with E-state index in [9.17, 15) is 0 Å². The van der Waals surface area contributed by atoms with Crippen LogP contribution in [0.1, 0.15) is 25.7 Å². The fraction of sp³-hybridized carbons (Fsp3) is 0.400. The van der Waals surface area contributed by atoms with Crippen molar-refractivity contribution in [3.05, 3.63) is 60.7 Å². The van der Waals surface area contributed by atoms with Gasteiger partial charge in [-0.3, -0.25) is 0 Å². The summed E-state index contributed by atoms with van der Waals surface area (Å²) in [4.78, 5) is 0. The molecule has 1 saturated carbocycles. The number of aliphatic hydroxyl groups excluding tert-OH is 2. The first kappa shape index (κ1) is 20.0. The zero-order chi connectivity index (χ0) is 17.6. The number of benzene rings is 2. The molecular formula is C20H28O4. The maximum absolute atomic E-state index is 8.79. The summed E-state index contributed by atoms with van der Waals surface area (Å²) in [5.41, 5.74) is 0. The maximum atomic E-state index is 8.79. The van der Waals surface area contributed by atoms with Crippen LogP contribution in [-0.2, 0) is 0 Å². The van der Waals surface area contributed by atoms with Gasteiger partial charge in [-0.2, -0.15) is 0 Å². The van der Waals surface area contributed by atoms with Crippen molar-refractivity contribution in [1.29, 1.82) is 0 Å². The van der Waals surface area contributed by atoms with Gasteiger partial charge < -0.3 is 20.4 Å². The molecule has 2 aromatic rings. The Balaban J connectivity index is 0.000000185. The van der Waals surface area contributed by atoms with Gasteiger partial charge in [0.25, 0.3) is 0 Å². The predicted molar refractivity (Wildman–Crippen MR) is 95.8 cm³/mol. The van der Waals surface area contributed by atoms with Gasteiger partial charge in [0.1, 0.15) is 11.5 Å². The van der Waals surface area contributed by atoms with Gasteiger partial charge >= 0.3 is 0 Å². The summed E-state index contributed by atoms with van der Waals surface area (Å²) in [5, 5.41) is 34.8. The van der Waals surface area contributed by atoms with Crippen LogP contribution in [0, 0.1) is 11.8 Å². The zero-order valence-electron chi connectivity index (χ0n) is 14.0. The van der Waals surface area contributed by atoms with Gasteiger partial charge in [0.15, 0.2) is 0 Å². The molecule has 0 spiro atoms. The Morgan fingerprint density at radius 1 is 0.583 bits per heavy atom. The van der Waals surface area contributed by atoms with Crippen molar-refractivity contribution < 1.29 is 20.4 Å². The number of para-hydroxylation sites is 2. The number of aromatic hydroxyl groups is 2. The molecule has 4 nitrogen and oxygen atoms in total. The molecule has 0 heterocycles. The van der Waals surface area contributed by atoms with E-state index in [1.54, 1.807) is 48.5 Å². The Labute approximate surface area is 144 Å². The minimum atomic E-state index is 0.322. The quantitative estimate of drug-likeness (QED) is 0.678. The molecule has 132 valence electrons. The van der Waals surface area contributed by atoms with Gasteiger partial charge in [0.05, 0.1) is 0 Å². The van der Waals surface area contributed by atoms with Gasteiger partial charge in [-0.1, -0.05) is 36.4 Å². The number of hydrogen-bond donors (Lipinski definition) is 4. The molecule has 0 bridgehead atoms. The smallest absolute Gasteiger partial charge is 0.115 e. The fourth-order valence-electron chi connectivity index (χ4n) is 2.45. The normalized spacial score (nSPS) is 19.2. The van der Waals surface area contributed by atoms with Crippen LogP contribution in [0.4, 0.5) is 0 Å². The molecule has 1 aliphatic rings. The van der Waals surface area contributed by atoms with E-state index < -0.39 is 0 Å². The van der Waals surface area contributed by atoms with E-state index in [2.05, 4.69) is 0 Å². The van der Waals surface area contributed by atoms with Crippen LogP contribution >= 0.6 is 0 Å². The summed E-state index contributed by atoms with van der Waals surface area (Å²) in [5.74, 6) is 1.68. The molecule has 0 radical (unpaired) electrons. The van der Waals surface area contributed by atoms with Crippen LogP contribution in [0.5, 0.6) is 11.5 Å². The lowest BCUT2D eigenvalue weighted by atomic mass is 9.83. The molecule has 4 N–H and O–H groups in total. The lowest BCUT2D eigenvalue weighted by molar-refractivity contribution is 0.131. The van der Waals surface area contributed by atoms with E-state index in [1.807, 2.05) is 12.1 Å². The SMILES string of the molecule is OCC1CCC(CO)CC1.Oc1ccccc1.Oc1ccccc1. The monoisotopic (exact) mass is 332 g/mol. The second-order valence-corrected chi connectivity index (χ2v) is 5.92. The van der Waals surface area contributed by atoms with Crippen LogP contribution in [-0.4, -0.2) is 33.6 Å². The second kappa shape index (κ2) is 12.4. The summed E-state index contributed by atoms with van der Waals surface area (Å²) < 4.78 is 0. The molecule has 24 heavy (non-hydrogen) atoms. The Bertz CT molecular complexity index is 458. The number of aliphatic hydroxyl groups is 2. The number of hydrogen-bond acceptors (Lipinski definition) is 4. The van der Waals surface area contributed by atoms with Crippen LogP contribution < -0.4 is 0 Å². The van der Waals surface area contributed by atoms with Crippen molar-refractivity contribution in [2.45, 2.75) is 25.7 Å². The predicted octanol–water partition coefficient (Wildman–Crippen LogP) is 3.56. The fourth-order valence-corrected chi connectivity index (χ4v) is 2.45. The third-order valence-electron chi connectivity index (χ3n) is 4.00. The summed E-state index contributed by atoms with van der Waals surface area (Å²) >= 11 is 0. The van der Waals surface area contributed by atoms with Crippen molar-refractivity contribution in [3.8, 4) is 11.5 Å². The lowest BCUT2D eigenvalue weighted by Crippen LogP contribution is -2.19. The van der Waals surface area contributed by atoms with Gasteiger partial charge in [0, 0.05) is 13.2 Å². The second-order valence-electron chi connectivity index (χ2n) is 5.92. The molecule has 4 heteroatoms. The molecular weight excluding hydrogens is 304 g/mol. The van der Waals surface area contributed by atoms with Crippen LogP contribution in [0.15, 0.2) is 60.7 Å². The van der Waals surface area contributed by atoms with Crippen molar-refractivity contribution in [1.82, 2.24) is 0 Å². The zero-order valence-corrected chi connectivity index (χ0v) is 14.0. The summed E-state index contributed by atoms with van der Waals surface area (Å²) in [6.45, 7) is 0.663. The molecule has 2 aromatic carbocycles. The highest BCUT2D eigenvalue weighted by Gasteiger charge is 2.19. The van der Waals surface area contributed by atoms with Crippen molar-refractivity contribution >= 4 is 0 Å². The molecule has 0 saturated heterocycles. The summed E-state index contributed by atoms with van der Waals surface area (Å²) in [6.07, 6.45) is 4.40. The summed E-state index contributed by atoms with van der Waals surface area (Å²) in [7, 11) is 0. The van der Waals surface area contributed by atoms with E-state index in [0.717, 1.165) is 25.7 Å². The molecule has 3 rings (SSSR count). The first-order chi connectivity index (χ1) is 11.7. The van der Waals surface area contributed by atoms with E-state index in [-0.39, 0.29) is 0 Å². The van der Waals surface area contributed by atoms with E-state index >= 15 is 0 Å². The largest absolute Gasteiger partial charge is 0.508 e. The Hall–Kier alpha value is -2.04. The molecule has 0 aliphatic heterocycles. The van der Waals surface area contributed by atoms with Crippen LogP contribution in [0.25, 0.3) is 0 Å². The topological polar surface area (TPSA) is 80.9 Å². The van der Waals surface area contributed by atoms with Gasteiger partial charge in [-0.05, 0) is 61.8 Å². The maximum Gasteiger partial charge on any atom is 0.115 e. The lowest BCUT2D eigenvalue weighted by Gasteiger charge is -2.25. The number of phenols is 2.